The summed E-state index contributed by atoms with van der Waals surface area (Å²) in [5.74, 6) is 0. The molecule has 0 aliphatic rings. The normalized spacial score (nSPS) is 10.6. The molecule has 0 unspecified atom stereocenters. The van der Waals surface area contributed by atoms with Crippen LogP contribution in [0.25, 0.3) is 10.2 Å². The van der Waals surface area contributed by atoms with Crippen LogP contribution < -0.4 is 0 Å². The van der Waals surface area contributed by atoms with Crippen LogP contribution in [-0.4, -0.2) is 15.8 Å². The average molecular weight is 210 g/mol. The molecule has 6 heteroatoms. The minimum Gasteiger partial charge on any atom is -0.341 e. The summed E-state index contributed by atoms with van der Waals surface area (Å²) < 4.78 is 2.41. The largest absolute Gasteiger partial charge is 0.341 e. The molecule has 0 saturated carbocycles. The number of rotatable bonds is 2. The minimum atomic E-state index is -0.425. The summed E-state index contributed by atoms with van der Waals surface area (Å²) in [5, 5.41) is 10.6. The fourth-order valence-electron chi connectivity index (χ4n) is 1.32. The Kier molecular flexibility index (Phi) is 1.85. The zero-order valence-electron chi connectivity index (χ0n) is 7.26. The van der Waals surface area contributed by atoms with Crippen LogP contribution >= 0.6 is 11.3 Å². The van der Waals surface area contributed by atoms with Crippen molar-refractivity contribution in [2.75, 3.05) is 0 Å². The highest BCUT2D eigenvalue weighted by Crippen LogP contribution is 2.32. The van der Waals surface area contributed by atoms with Crippen molar-refractivity contribution < 1.29 is 9.72 Å². The van der Waals surface area contributed by atoms with Crippen LogP contribution in [0.15, 0.2) is 12.1 Å². The molecule has 0 aliphatic carbocycles. The third-order valence-corrected chi connectivity index (χ3v) is 3.08. The summed E-state index contributed by atoms with van der Waals surface area (Å²) in [6, 6.07) is 3.13. The summed E-state index contributed by atoms with van der Waals surface area (Å²) >= 11 is 1.08. The Bertz CT molecular complexity index is 526. The minimum absolute atomic E-state index is 0.100. The molecule has 0 aromatic carbocycles. The van der Waals surface area contributed by atoms with Crippen LogP contribution in [0.4, 0.5) is 5.00 Å². The lowest BCUT2D eigenvalue weighted by Gasteiger charge is -1.92. The van der Waals surface area contributed by atoms with Gasteiger partial charge in [0.1, 0.15) is 0 Å². The quantitative estimate of drug-likeness (QED) is 0.432. The number of hydrogen-bond donors (Lipinski definition) is 0. The van der Waals surface area contributed by atoms with Crippen LogP contribution in [0.3, 0.4) is 0 Å². The molecule has 2 heterocycles. The number of aryl methyl sites for hydroxylation is 1. The summed E-state index contributed by atoms with van der Waals surface area (Å²) in [5.41, 5.74) is 1.25. The summed E-state index contributed by atoms with van der Waals surface area (Å²) in [6.45, 7) is 0. The number of carbonyl (C=O) groups excluding carboxylic acids is 1. The number of fused-ring (bicyclic) bond motifs is 1. The van der Waals surface area contributed by atoms with E-state index in [0.29, 0.717) is 5.69 Å². The first-order chi connectivity index (χ1) is 6.63. The van der Waals surface area contributed by atoms with E-state index in [1.165, 1.54) is 6.07 Å². The van der Waals surface area contributed by atoms with Crippen molar-refractivity contribution in [2.24, 2.45) is 7.05 Å². The molecule has 2 aromatic rings. The number of carbonyl (C=O) groups is 1. The molecule has 72 valence electrons. The molecule has 14 heavy (non-hydrogen) atoms. The SMILES string of the molecule is Cn1c(C=O)cc2sc([N+](=O)[O-])cc21. The second-order valence-corrected chi connectivity index (χ2v) is 3.90. The Morgan fingerprint density at radius 3 is 2.79 bits per heavy atom. The highest BCUT2D eigenvalue weighted by Gasteiger charge is 2.15. The number of aromatic nitrogens is 1. The number of aldehydes is 1. The van der Waals surface area contributed by atoms with Gasteiger partial charge < -0.3 is 4.57 Å². The molecule has 0 saturated heterocycles. The van der Waals surface area contributed by atoms with E-state index in [-0.39, 0.29) is 5.00 Å². The molecule has 0 spiro atoms. The van der Waals surface area contributed by atoms with E-state index < -0.39 is 4.92 Å². The standard InChI is InChI=1S/C8H6N2O3S/c1-9-5(4-11)2-7-6(9)3-8(14-7)10(12)13/h2-4H,1H3. The van der Waals surface area contributed by atoms with Gasteiger partial charge in [0.2, 0.25) is 0 Å². The van der Waals surface area contributed by atoms with Crippen LogP contribution in [0.5, 0.6) is 0 Å². The van der Waals surface area contributed by atoms with Gasteiger partial charge in [0.05, 0.1) is 26.9 Å². The number of hydrogen-bond acceptors (Lipinski definition) is 4. The maximum absolute atomic E-state index is 10.6. The molecule has 0 N–H and O–H groups in total. The van der Waals surface area contributed by atoms with Gasteiger partial charge in [-0.2, -0.15) is 0 Å². The van der Waals surface area contributed by atoms with E-state index in [1.807, 2.05) is 0 Å². The van der Waals surface area contributed by atoms with E-state index in [4.69, 9.17) is 0 Å². The van der Waals surface area contributed by atoms with Gasteiger partial charge in [-0.1, -0.05) is 11.3 Å². The molecular weight excluding hydrogens is 204 g/mol. The first-order valence-electron chi connectivity index (χ1n) is 3.82. The van der Waals surface area contributed by atoms with Gasteiger partial charge in [0.25, 0.3) is 0 Å². The molecule has 2 rings (SSSR count). The van der Waals surface area contributed by atoms with Gasteiger partial charge >= 0.3 is 5.00 Å². The van der Waals surface area contributed by atoms with Gasteiger partial charge in [0, 0.05) is 7.05 Å². The summed E-state index contributed by atoms with van der Waals surface area (Å²) in [7, 11) is 1.71. The van der Waals surface area contributed by atoms with Crippen LogP contribution in [0.1, 0.15) is 10.5 Å². The fourth-order valence-corrected chi connectivity index (χ4v) is 2.27. The predicted molar refractivity (Wildman–Crippen MR) is 52.8 cm³/mol. The van der Waals surface area contributed by atoms with Gasteiger partial charge in [-0.15, -0.1) is 0 Å². The first kappa shape index (κ1) is 8.89. The fraction of sp³-hybridized carbons (Fsp3) is 0.125. The molecule has 0 radical (unpaired) electrons. The number of thiophene rings is 1. The smallest absolute Gasteiger partial charge is 0.326 e. The molecule has 0 atom stereocenters. The van der Waals surface area contributed by atoms with E-state index in [2.05, 4.69) is 0 Å². The average Bonchev–Trinajstić information content (AvgIpc) is 2.66. The van der Waals surface area contributed by atoms with Crippen molar-refractivity contribution in [1.29, 1.82) is 0 Å². The Labute approximate surface area is 82.7 Å². The molecule has 0 aliphatic heterocycles. The van der Waals surface area contributed by atoms with Crippen molar-refractivity contribution in [3.05, 3.63) is 27.9 Å². The van der Waals surface area contributed by atoms with Gasteiger partial charge in [-0.3, -0.25) is 14.9 Å². The van der Waals surface area contributed by atoms with Crippen molar-refractivity contribution in [1.82, 2.24) is 4.57 Å². The van der Waals surface area contributed by atoms with Crippen molar-refractivity contribution in [3.8, 4) is 0 Å². The zero-order valence-corrected chi connectivity index (χ0v) is 8.08. The summed E-state index contributed by atoms with van der Waals surface area (Å²) in [4.78, 5) is 20.6. The second kappa shape index (κ2) is 2.91. The molecular formula is C8H6N2O3S. The summed E-state index contributed by atoms with van der Waals surface area (Å²) in [6.07, 6.45) is 0.735. The van der Waals surface area contributed by atoms with Gasteiger partial charge in [0.15, 0.2) is 6.29 Å². The Morgan fingerprint density at radius 2 is 2.29 bits per heavy atom. The maximum Gasteiger partial charge on any atom is 0.326 e. The third-order valence-electron chi connectivity index (χ3n) is 2.06. The van der Waals surface area contributed by atoms with Crippen LogP contribution in [0, 0.1) is 10.1 Å². The Morgan fingerprint density at radius 1 is 1.57 bits per heavy atom. The molecule has 5 nitrogen and oxygen atoms in total. The van der Waals surface area contributed by atoms with Crippen molar-refractivity contribution in [3.63, 3.8) is 0 Å². The van der Waals surface area contributed by atoms with E-state index in [1.54, 1.807) is 17.7 Å². The molecule has 0 amide bonds. The predicted octanol–water partition coefficient (Wildman–Crippen LogP) is 1.96. The van der Waals surface area contributed by atoms with E-state index in [0.717, 1.165) is 27.8 Å². The van der Waals surface area contributed by atoms with Crippen molar-refractivity contribution >= 4 is 32.8 Å². The molecule has 0 bridgehead atoms. The van der Waals surface area contributed by atoms with E-state index >= 15 is 0 Å². The number of nitrogens with zero attached hydrogens (tertiary/aromatic N) is 2. The highest BCUT2D eigenvalue weighted by molar-refractivity contribution is 7.22. The molecule has 2 aromatic heterocycles. The first-order valence-corrected chi connectivity index (χ1v) is 4.64. The lowest BCUT2D eigenvalue weighted by Crippen LogP contribution is -1.92. The zero-order chi connectivity index (χ0) is 10.3. The van der Waals surface area contributed by atoms with Gasteiger partial charge in [-0.05, 0) is 6.07 Å². The topological polar surface area (TPSA) is 65.1 Å². The highest BCUT2D eigenvalue weighted by atomic mass is 32.1. The van der Waals surface area contributed by atoms with E-state index in [9.17, 15) is 14.9 Å². The van der Waals surface area contributed by atoms with Crippen LogP contribution in [-0.2, 0) is 7.05 Å². The maximum atomic E-state index is 10.6. The third kappa shape index (κ3) is 1.12. The second-order valence-electron chi connectivity index (χ2n) is 2.84. The monoisotopic (exact) mass is 210 g/mol. The van der Waals surface area contributed by atoms with Crippen LogP contribution in [0.2, 0.25) is 0 Å². The number of nitro groups is 1. The Hall–Kier alpha value is -1.69. The lowest BCUT2D eigenvalue weighted by atomic mass is 10.4. The van der Waals surface area contributed by atoms with Crippen molar-refractivity contribution in [2.45, 2.75) is 0 Å². The lowest BCUT2D eigenvalue weighted by molar-refractivity contribution is -0.380. The Balaban J connectivity index is 2.70. The molecule has 0 fully saturated rings. The van der Waals surface area contributed by atoms with Gasteiger partial charge in [-0.25, -0.2) is 0 Å².